The third-order valence-electron chi connectivity index (χ3n) is 3.24. The molecule has 96 valence electrons. The summed E-state index contributed by atoms with van der Waals surface area (Å²) in [7, 11) is 0. The van der Waals surface area contributed by atoms with Crippen molar-refractivity contribution in [1.29, 1.82) is 0 Å². The van der Waals surface area contributed by atoms with Gasteiger partial charge in [-0.15, -0.1) is 11.3 Å². The molecule has 4 heteroatoms. The summed E-state index contributed by atoms with van der Waals surface area (Å²) >= 11 is 7.49. The summed E-state index contributed by atoms with van der Waals surface area (Å²) < 4.78 is 6.44. The molecule has 0 amide bonds. The van der Waals surface area contributed by atoms with E-state index in [1.807, 2.05) is 13.0 Å². The summed E-state index contributed by atoms with van der Waals surface area (Å²) in [5, 5.41) is 10.1. The molecule has 1 aromatic rings. The van der Waals surface area contributed by atoms with Crippen molar-refractivity contribution >= 4 is 22.9 Å². The van der Waals surface area contributed by atoms with Crippen molar-refractivity contribution in [2.24, 2.45) is 0 Å². The predicted octanol–water partition coefficient (Wildman–Crippen LogP) is 4.09. The van der Waals surface area contributed by atoms with E-state index in [2.05, 4.69) is 0 Å². The van der Waals surface area contributed by atoms with Crippen molar-refractivity contribution in [3.05, 3.63) is 20.8 Å². The fourth-order valence-electron chi connectivity index (χ4n) is 2.17. The lowest BCUT2D eigenvalue weighted by molar-refractivity contribution is 0.00236. The SMILES string of the molecule is Cc1cc(C(O)CCC2CCCCO2)sc1Cl. The van der Waals surface area contributed by atoms with Crippen LogP contribution in [0.1, 0.15) is 48.6 Å². The fourth-order valence-corrected chi connectivity index (χ4v) is 3.41. The summed E-state index contributed by atoms with van der Waals surface area (Å²) in [5.74, 6) is 0. The van der Waals surface area contributed by atoms with Crippen LogP contribution >= 0.6 is 22.9 Å². The van der Waals surface area contributed by atoms with E-state index in [-0.39, 0.29) is 0 Å². The molecule has 2 rings (SSSR count). The molecule has 2 unspecified atom stereocenters. The van der Waals surface area contributed by atoms with Crippen molar-refractivity contribution in [3.63, 3.8) is 0 Å². The van der Waals surface area contributed by atoms with E-state index < -0.39 is 6.10 Å². The van der Waals surface area contributed by atoms with Crippen molar-refractivity contribution in [2.75, 3.05) is 6.61 Å². The molecule has 1 N–H and O–H groups in total. The van der Waals surface area contributed by atoms with Gasteiger partial charge in [0.25, 0.3) is 0 Å². The first-order valence-electron chi connectivity index (χ1n) is 6.22. The van der Waals surface area contributed by atoms with Gasteiger partial charge in [0, 0.05) is 11.5 Å². The largest absolute Gasteiger partial charge is 0.388 e. The maximum Gasteiger partial charge on any atom is 0.0961 e. The van der Waals surface area contributed by atoms with Gasteiger partial charge >= 0.3 is 0 Å². The average molecular weight is 275 g/mol. The molecule has 0 saturated carbocycles. The minimum absolute atomic E-state index is 0.343. The van der Waals surface area contributed by atoms with E-state index in [0.717, 1.165) is 40.6 Å². The smallest absolute Gasteiger partial charge is 0.0961 e. The van der Waals surface area contributed by atoms with Crippen LogP contribution in [0.5, 0.6) is 0 Å². The number of hydrogen-bond donors (Lipinski definition) is 1. The van der Waals surface area contributed by atoms with Gasteiger partial charge in [0.15, 0.2) is 0 Å². The lowest BCUT2D eigenvalue weighted by atomic mass is 10.0. The quantitative estimate of drug-likeness (QED) is 0.896. The van der Waals surface area contributed by atoms with Gasteiger partial charge in [0.2, 0.25) is 0 Å². The Bertz CT molecular complexity index is 339. The van der Waals surface area contributed by atoms with Gasteiger partial charge in [-0.1, -0.05) is 11.6 Å². The Balaban J connectivity index is 1.82. The van der Waals surface area contributed by atoms with Crippen molar-refractivity contribution in [1.82, 2.24) is 0 Å². The molecule has 0 aromatic carbocycles. The number of aliphatic hydroxyl groups is 1. The zero-order chi connectivity index (χ0) is 12.3. The molecule has 1 fully saturated rings. The van der Waals surface area contributed by atoms with Gasteiger partial charge in [-0.2, -0.15) is 0 Å². The Labute approximate surface area is 112 Å². The van der Waals surface area contributed by atoms with Crippen LogP contribution in [0.15, 0.2) is 6.07 Å². The van der Waals surface area contributed by atoms with Crippen LogP contribution in [0.2, 0.25) is 4.34 Å². The molecule has 1 aliphatic rings. The summed E-state index contributed by atoms with van der Waals surface area (Å²) in [6.45, 7) is 2.85. The number of ether oxygens (including phenoxy) is 1. The number of aryl methyl sites for hydroxylation is 1. The molecule has 1 aromatic heterocycles. The molecule has 1 saturated heterocycles. The highest BCUT2D eigenvalue weighted by molar-refractivity contribution is 7.16. The van der Waals surface area contributed by atoms with Crippen LogP contribution in [-0.4, -0.2) is 17.8 Å². The summed E-state index contributed by atoms with van der Waals surface area (Å²) in [5.41, 5.74) is 1.06. The van der Waals surface area contributed by atoms with Crippen LogP contribution in [0, 0.1) is 6.92 Å². The Morgan fingerprint density at radius 2 is 2.41 bits per heavy atom. The third-order valence-corrected chi connectivity index (χ3v) is 4.90. The normalized spacial score (nSPS) is 22.6. The second-order valence-corrected chi connectivity index (χ2v) is 6.37. The van der Waals surface area contributed by atoms with E-state index >= 15 is 0 Å². The van der Waals surface area contributed by atoms with E-state index in [4.69, 9.17) is 16.3 Å². The number of rotatable bonds is 4. The highest BCUT2D eigenvalue weighted by atomic mass is 35.5. The van der Waals surface area contributed by atoms with Crippen molar-refractivity contribution in [3.8, 4) is 0 Å². The van der Waals surface area contributed by atoms with Gasteiger partial charge in [-0.3, -0.25) is 0 Å². The highest BCUT2D eigenvalue weighted by Gasteiger charge is 2.18. The highest BCUT2D eigenvalue weighted by Crippen LogP contribution is 2.33. The Hall–Kier alpha value is -0.0900. The van der Waals surface area contributed by atoms with Gasteiger partial charge in [-0.25, -0.2) is 0 Å². The molecule has 2 heterocycles. The molecule has 1 aliphatic heterocycles. The first-order chi connectivity index (χ1) is 8.16. The lowest BCUT2D eigenvalue weighted by Gasteiger charge is -2.23. The molecule has 2 nitrogen and oxygen atoms in total. The summed E-state index contributed by atoms with van der Waals surface area (Å²) in [4.78, 5) is 0.975. The lowest BCUT2D eigenvalue weighted by Crippen LogP contribution is -2.19. The van der Waals surface area contributed by atoms with Crippen LogP contribution in [0.4, 0.5) is 0 Å². The van der Waals surface area contributed by atoms with Gasteiger partial charge < -0.3 is 9.84 Å². The summed E-state index contributed by atoms with van der Waals surface area (Å²) in [6.07, 6.45) is 5.23. The van der Waals surface area contributed by atoms with Gasteiger partial charge in [0.1, 0.15) is 0 Å². The first kappa shape index (κ1) is 13.3. The maximum absolute atomic E-state index is 10.1. The Kier molecular flexibility index (Phi) is 4.86. The van der Waals surface area contributed by atoms with Crippen LogP contribution < -0.4 is 0 Å². The Morgan fingerprint density at radius 1 is 1.59 bits per heavy atom. The zero-order valence-corrected chi connectivity index (χ0v) is 11.7. The second-order valence-electron chi connectivity index (χ2n) is 4.69. The fraction of sp³-hybridized carbons (Fsp3) is 0.692. The number of aliphatic hydroxyl groups excluding tert-OH is 1. The third kappa shape index (κ3) is 3.68. The maximum atomic E-state index is 10.1. The minimum atomic E-state index is -0.392. The van der Waals surface area contributed by atoms with E-state index in [1.165, 1.54) is 24.2 Å². The standard InChI is InChI=1S/C13H19ClO2S/c1-9-8-12(17-13(9)14)11(15)6-5-10-4-2-3-7-16-10/h8,10-11,15H,2-7H2,1H3. The van der Waals surface area contributed by atoms with Crippen molar-refractivity contribution < 1.29 is 9.84 Å². The molecule has 17 heavy (non-hydrogen) atoms. The Morgan fingerprint density at radius 3 is 3.00 bits per heavy atom. The zero-order valence-electron chi connectivity index (χ0n) is 10.1. The van der Waals surface area contributed by atoms with E-state index in [0.29, 0.717) is 6.10 Å². The number of hydrogen-bond acceptors (Lipinski definition) is 3. The van der Waals surface area contributed by atoms with Crippen LogP contribution in [0.3, 0.4) is 0 Å². The second kappa shape index (κ2) is 6.19. The molecule has 0 aliphatic carbocycles. The minimum Gasteiger partial charge on any atom is -0.388 e. The molecule has 0 radical (unpaired) electrons. The molecule has 2 atom stereocenters. The topological polar surface area (TPSA) is 29.5 Å². The summed E-state index contributed by atoms with van der Waals surface area (Å²) in [6, 6.07) is 1.99. The van der Waals surface area contributed by atoms with E-state index in [9.17, 15) is 5.11 Å². The predicted molar refractivity (Wildman–Crippen MR) is 71.9 cm³/mol. The monoisotopic (exact) mass is 274 g/mol. The average Bonchev–Trinajstić information content (AvgIpc) is 2.68. The number of thiophene rings is 1. The molecular formula is C13H19ClO2S. The van der Waals surface area contributed by atoms with Crippen LogP contribution in [0.25, 0.3) is 0 Å². The molecular weight excluding hydrogens is 256 g/mol. The van der Waals surface area contributed by atoms with E-state index in [1.54, 1.807) is 0 Å². The van der Waals surface area contributed by atoms with Crippen molar-refractivity contribution in [2.45, 2.75) is 51.2 Å². The molecule has 0 bridgehead atoms. The van der Waals surface area contributed by atoms with Crippen LogP contribution in [-0.2, 0) is 4.74 Å². The molecule has 0 spiro atoms. The van der Waals surface area contributed by atoms with Gasteiger partial charge in [-0.05, 0) is 50.7 Å². The number of halogens is 1. The van der Waals surface area contributed by atoms with Gasteiger partial charge in [0.05, 0.1) is 16.5 Å². The first-order valence-corrected chi connectivity index (χ1v) is 7.42.